The van der Waals surface area contributed by atoms with Gasteiger partial charge in [0.1, 0.15) is 0 Å². The van der Waals surface area contributed by atoms with Gasteiger partial charge in [0.05, 0.1) is 4.90 Å². The summed E-state index contributed by atoms with van der Waals surface area (Å²) in [5.74, 6) is -2.22. The Labute approximate surface area is 134 Å². The molecule has 0 amide bonds. The van der Waals surface area contributed by atoms with Crippen LogP contribution in [0.2, 0.25) is 0 Å². The molecular weight excluding hydrogens is 326 g/mol. The minimum absolute atomic E-state index is 0.212. The Kier molecular flexibility index (Phi) is 4.96. The smallest absolute Gasteiger partial charge is 0.240 e. The lowest BCUT2D eigenvalue weighted by Crippen LogP contribution is -2.41. The normalized spacial score (nSPS) is 24.2. The van der Waals surface area contributed by atoms with Crippen LogP contribution in [0.3, 0.4) is 0 Å². The molecule has 0 radical (unpaired) electrons. The lowest BCUT2D eigenvalue weighted by molar-refractivity contribution is 0.0418. The van der Waals surface area contributed by atoms with Gasteiger partial charge < -0.3 is 4.74 Å². The number of hydrogen-bond acceptors (Lipinski definition) is 4. The molecule has 2 saturated heterocycles. The maximum atomic E-state index is 13.2. The fourth-order valence-corrected chi connectivity index (χ4v) is 4.47. The van der Waals surface area contributed by atoms with Crippen LogP contribution in [-0.4, -0.2) is 51.7 Å². The van der Waals surface area contributed by atoms with Crippen LogP contribution in [0.5, 0.6) is 0 Å². The van der Waals surface area contributed by atoms with Crippen molar-refractivity contribution in [2.24, 2.45) is 0 Å². The van der Waals surface area contributed by atoms with Crippen molar-refractivity contribution >= 4 is 10.0 Å². The largest absolute Gasteiger partial charge is 0.381 e. The SMILES string of the molecule is O=S(=O)(NC1CCN(C2CCOCC2)C1)c1ccc(F)c(F)c1. The number of ether oxygens (including phenoxy) is 1. The van der Waals surface area contributed by atoms with Gasteiger partial charge in [-0.05, 0) is 37.5 Å². The maximum Gasteiger partial charge on any atom is 0.240 e. The van der Waals surface area contributed by atoms with E-state index in [1.165, 1.54) is 0 Å². The van der Waals surface area contributed by atoms with Crippen molar-refractivity contribution in [3.8, 4) is 0 Å². The quantitative estimate of drug-likeness (QED) is 0.898. The van der Waals surface area contributed by atoms with Crippen LogP contribution in [0, 0.1) is 11.6 Å². The third-order valence-corrected chi connectivity index (χ3v) is 5.97. The molecule has 2 aliphatic heterocycles. The van der Waals surface area contributed by atoms with Gasteiger partial charge in [-0.15, -0.1) is 0 Å². The maximum absolute atomic E-state index is 13.2. The van der Waals surface area contributed by atoms with Crippen molar-refractivity contribution in [2.75, 3.05) is 26.3 Å². The van der Waals surface area contributed by atoms with E-state index in [9.17, 15) is 17.2 Å². The Morgan fingerprint density at radius 3 is 2.57 bits per heavy atom. The van der Waals surface area contributed by atoms with Crippen molar-refractivity contribution < 1.29 is 21.9 Å². The first-order valence-corrected chi connectivity index (χ1v) is 9.23. The number of nitrogens with one attached hydrogen (secondary N) is 1. The zero-order valence-corrected chi connectivity index (χ0v) is 13.5. The summed E-state index contributed by atoms with van der Waals surface area (Å²) in [6, 6.07) is 2.83. The molecule has 1 N–H and O–H groups in total. The third-order valence-electron chi connectivity index (χ3n) is 4.45. The topological polar surface area (TPSA) is 58.6 Å². The Morgan fingerprint density at radius 2 is 1.87 bits per heavy atom. The standard InChI is InChI=1S/C15H20F2N2O3S/c16-14-2-1-13(9-15(14)17)23(20,21)18-11-3-6-19(10-11)12-4-7-22-8-5-12/h1-2,9,11-12,18H,3-8,10H2. The fourth-order valence-electron chi connectivity index (χ4n) is 3.20. The van der Waals surface area contributed by atoms with Crippen LogP contribution in [0.4, 0.5) is 8.78 Å². The molecule has 23 heavy (non-hydrogen) atoms. The third kappa shape index (κ3) is 3.88. The highest BCUT2D eigenvalue weighted by Gasteiger charge is 2.32. The minimum atomic E-state index is -3.85. The average Bonchev–Trinajstić information content (AvgIpc) is 2.98. The van der Waals surface area contributed by atoms with Crippen LogP contribution in [-0.2, 0) is 14.8 Å². The van der Waals surface area contributed by atoms with Gasteiger partial charge in [-0.1, -0.05) is 0 Å². The molecule has 1 aromatic carbocycles. The van der Waals surface area contributed by atoms with E-state index in [0.717, 1.165) is 44.7 Å². The van der Waals surface area contributed by atoms with Crippen molar-refractivity contribution in [3.05, 3.63) is 29.8 Å². The van der Waals surface area contributed by atoms with Gasteiger partial charge in [0.25, 0.3) is 0 Å². The number of benzene rings is 1. The lowest BCUT2D eigenvalue weighted by Gasteiger charge is -2.31. The van der Waals surface area contributed by atoms with Crippen LogP contribution in [0.25, 0.3) is 0 Å². The molecule has 0 aromatic heterocycles. The summed E-state index contributed by atoms with van der Waals surface area (Å²) in [5.41, 5.74) is 0. The van der Waals surface area contributed by atoms with E-state index in [2.05, 4.69) is 9.62 Å². The summed E-state index contributed by atoms with van der Waals surface area (Å²) in [4.78, 5) is 2.03. The predicted molar refractivity (Wildman–Crippen MR) is 80.5 cm³/mol. The summed E-state index contributed by atoms with van der Waals surface area (Å²) in [7, 11) is -3.85. The highest BCUT2D eigenvalue weighted by molar-refractivity contribution is 7.89. The molecule has 3 rings (SSSR count). The predicted octanol–water partition coefficient (Wildman–Crippen LogP) is 1.50. The van der Waals surface area contributed by atoms with Crippen LogP contribution < -0.4 is 4.72 Å². The molecule has 1 unspecified atom stereocenters. The lowest BCUT2D eigenvalue weighted by atomic mass is 10.1. The van der Waals surface area contributed by atoms with Gasteiger partial charge in [0.2, 0.25) is 10.0 Å². The number of rotatable bonds is 4. The van der Waals surface area contributed by atoms with Gasteiger partial charge in [0.15, 0.2) is 11.6 Å². The van der Waals surface area contributed by atoms with Crippen LogP contribution >= 0.6 is 0 Å². The monoisotopic (exact) mass is 346 g/mol. The van der Waals surface area contributed by atoms with Crippen molar-refractivity contribution in [1.29, 1.82) is 0 Å². The number of nitrogens with zero attached hydrogens (tertiary/aromatic N) is 1. The summed E-state index contributed by atoms with van der Waals surface area (Å²) in [5, 5.41) is 0. The summed E-state index contributed by atoms with van der Waals surface area (Å²) < 4.78 is 58.7. The molecule has 2 aliphatic rings. The van der Waals surface area contributed by atoms with Crippen LogP contribution in [0.1, 0.15) is 19.3 Å². The molecule has 2 heterocycles. The molecule has 2 fully saturated rings. The zero-order valence-electron chi connectivity index (χ0n) is 12.7. The number of hydrogen-bond donors (Lipinski definition) is 1. The molecule has 1 atom stereocenters. The van der Waals surface area contributed by atoms with E-state index >= 15 is 0 Å². The van der Waals surface area contributed by atoms with Gasteiger partial charge in [0, 0.05) is 38.4 Å². The fraction of sp³-hybridized carbons (Fsp3) is 0.600. The molecular formula is C15H20F2N2O3S. The minimum Gasteiger partial charge on any atom is -0.381 e. The first-order chi connectivity index (χ1) is 11.0. The Bertz CT molecular complexity index is 663. The molecule has 1 aromatic rings. The Morgan fingerprint density at radius 1 is 1.13 bits per heavy atom. The van der Waals surface area contributed by atoms with Gasteiger partial charge >= 0.3 is 0 Å². The van der Waals surface area contributed by atoms with E-state index in [-0.39, 0.29) is 10.9 Å². The van der Waals surface area contributed by atoms with Gasteiger partial charge in [-0.3, -0.25) is 4.90 Å². The second-order valence-corrected chi connectivity index (χ2v) is 7.74. The van der Waals surface area contributed by atoms with Crippen molar-refractivity contribution in [1.82, 2.24) is 9.62 Å². The Hall–Kier alpha value is -1.09. The molecule has 0 saturated carbocycles. The van der Waals surface area contributed by atoms with Gasteiger partial charge in [-0.25, -0.2) is 21.9 Å². The van der Waals surface area contributed by atoms with E-state index in [0.29, 0.717) is 25.1 Å². The van der Waals surface area contributed by atoms with Crippen molar-refractivity contribution in [3.63, 3.8) is 0 Å². The van der Waals surface area contributed by atoms with Gasteiger partial charge in [-0.2, -0.15) is 0 Å². The zero-order chi connectivity index (χ0) is 16.4. The highest BCUT2D eigenvalue weighted by atomic mass is 32.2. The second-order valence-electron chi connectivity index (χ2n) is 6.02. The molecule has 128 valence electrons. The number of sulfonamides is 1. The molecule has 5 nitrogen and oxygen atoms in total. The Balaban J connectivity index is 1.63. The second kappa shape index (κ2) is 6.80. The van der Waals surface area contributed by atoms with Crippen molar-refractivity contribution in [2.45, 2.75) is 36.2 Å². The summed E-state index contributed by atoms with van der Waals surface area (Å²) >= 11 is 0. The van der Waals surface area contributed by atoms with E-state index in [1.54, 1.807) is 0 Å². The number of likely N-dealkylation sites (tertiary alicyclic amines) is 1. The highest BCUT2D eigenvalue weighted by Crippen LogP contribution is 2.22. The first-order valence-electron chi connectivity index (χ1n) is 7.75. The van der Waals surface area contributed by atoms with E-state index in [4.69, 9.17) is 4.74 Å². The molecule has 0 aliphatic carbocycles. The summed E-state index contributed by atoms with van der Waals surface area (Å²) in [6.45, 7) is 2.95. The number of halogens is 2. The first kappa shape index (κ1) is 16.8. The van der Waals surface area contributed by atoms with E-state index < -0.39 is 21.7 Å². The molecule has 0 spiro atoms. The molecule has 0 bridgehead atoms. The molecule has 8 heteroatoms. The van der Waals surface area contributed by atoms with Crippen LogP contribution in [0.15, 0.2) is 23.1 Å². The van der Waals surface area contributed by atoms with E-state index in [1.807, 2.05) is 0 Å². The average molecular weight is 346 g/mol. The summed E-state index contributed by atoms with van der Waals surface area (Å²) in [6.07, 6.45) is 2.63.